The van der Waals surface area contributed by atoms with Gasteiger partial charge in [0.05, 0.1) is 6.61 Å². The van der Waals surface area contributed by atoms with Crippen molar-refractivity contribution >= 4 is 5.91 Å². The van der Waals surface area contributed by atoms with Crippen molar-refractivity contribution in [3.63, 3.8) is 0 Å². The maximum absolute atomic E-state index is 13.9. The van der Waals surface area contributed by atoms with Gasteiger partial charge in [-0.1, -0.05) is 18.2 Å². The maximum Gasteiger partial charge on any atom is 0.259 e. The summed E-state index contributed by atoms with van der Waals surface area (Å²) in [5.74, 6) is 0.142. The normalized spacial score (nSPS) is 15.5. The van der Waals surface area contributed by atoms with Crippen molar-refractivity contribution in [2.45, 2.75) is 19.9 Å². The van der Waals surface area contributed by atoms with Crippen LogP contribution in [0.2, 0.25) is 0 Å². The molecule has 0 bridgehead atoms. The predicted octanol–water partition coefficient (Wildman–Crippen LogP) is 2.97. The van der Waals surface area contributed by atoms with Crippen molar-refractivity contribution in [2.75, 3.05) is 32.8 Å². The largest absolute Gasteiger partial charge is 0.477 e. The average Bonchev–Trinajstić information content (AvgIpc) is 2.89. The zero-order chi connectivity index (χ0) is 18.4. The maximum atomic E-state index is 13.9. The minimum absolute atomic E-state index is 0.0608. The molecule has 1 aromatic heterocycles. The molecule has 1 aliphatic rings. The third-order valence-electron chi connectivity index (χ3n) is 4.51. The number of hydrogen-bond acceptors (Lipinski definition) is 4. The van der Waals surface area contributed by atoms with E-state index < -0.39 is 0 Å². The molecule has 1 amide bonds. The number of carbonyl (C=O) groups is 1. The first-order valence-electron chi connectivity index (χ1n) is 9.02. The van der Waals surface area contributed by atoms with E-state index in [4.69, 9.17) is 4.74 Å². The first-order chi connectivity index (χ1) is 12.7. The van der Waals surface area contributed by atoms with Gasteiger partial charge in [-0.3, -0.25) is 9.69 Å². The van der Waals surface area contributed by atoms with Gasteiger partial charge in [0.1, 0.15) is 11.4 Å². The van der Waals surface area contributed by atoms with E-state index in [-0.39, 0.29) is 11.7 Å². The molecule has 0 N–H and O–H groups in total. The van der Waals surface area contributed by atoms with Crippen LogP contribution in [0.25, 0.3) is 0 Å². The van der Waals surface area contributed by atoms with Gasteiger partial charge in [0.15, 0.2) is 0 Å². The van der Waals surface area contributed by atoms with Crippen molar-refractivity contribution < 1.29 is 13.9 Å². The molecule has 2 heterocycles. The van der Waals surface area contributed by atoms with Crippen LogP contribution in [-0.4, -0.2) is 53.5 Å². The molecule has 1 fully saturated rings. The van der Waals surface area contributed by atoms with E-state index in [0.29, 0.717) is 49.8 Å². The molecule has 138 valence electrons. The van der Waals surface area contributed by atoms with E-state index in [2.05, 4.69) is 9.88 Å². The fraction of sp³-hybridized carbons (Fsp3) is 0.400. The Morgan fingerprint density at radius 1 is 1.15 bits per heavy atom. The molecule has 6 heteroatoms. The summed E-state index contributed by atoms with van der Waals surface area (Å²) in [6.45, 7) is 5.73. The van der Waals surface area contributed by atoms with Gasteiger partial charge in [-0.05, 0) is 31.5 Å². The Hall–Kier alpha value is -2.47. The van der Waals surface area contributed by atoms with E-state index in [9.17, 15) is 9.18 Å². The lowest BCUT2D eigenvalue weighted by molar-refractivity contribution is 0.0756. The minimum Gasteiger partial charge on any atom is -0.477 e. The van der Waals surface area contributed by atoms with Crippen LogP contribution in [0.3, 0.4) is 0 Å². The van der Waals surface area contributed by atoms with Gasteiger partial charge in [-0.25, -0.2) is 9.37 Å². The molecule has 0 saturated carbocycles. The summed E-state index contributed by atoms with van der Waals surface area (Å²) >= 11 is 0. The highest BCUT2D eigenvalue weighted by atomic mass is 19.1. The fourth-order valence-corrected chi connectivity index (χ4v) is 3.18. The van der Waals surface area contributed by atoms with Crippen molar-refractivity contribution in [1.29, 1.82) is 0 Å². The lowest BCUT2D eigenvalue weighted by Gasteiger charge is -2.22. The third kappa shape index (κ3) is 4.38. The zero-order valence-corrected chi connectivity index (χ0v) is 15.0. The first kappa shape index (κ1) is 18.3. The van der Waals surface area contributed by atoms with E-state index in [0.717, 1.165) is 13.0 Å². The molecule has 0 unspecified atom stereocenters. The third-order valence-corrected chi connectivity index (χ3v) is 4.51. The highest BCUT2D eigenvalue weighted by Gasteiger charge is 2.23. The number of aromatic nitrogens is 1. The number of nitrogens with zero attached hydrogens (tertiary/aromatic N) is 3. The van der Waals surface area contributed by atoms with Crippen LogP contribution >= 0.6 is 0 Å². The van der Waals surface area contributed by atoms with Crippen LogP contribution in [-0.2, 0) is 6.54 Å². The summed E-state index contributed by atoms with van der Waals surface area (Å²) in [4.78, 5) is 21.1. The van der Waals surface area contributed by atoms with Crippen LogP contribution in [0.1, 0.15) is 29.3 Å². The molecule has 0 spiro atoms. The lowest BCUT2D eigenvalue weighted by atomic mass is 10.2. The molecule has 1 saturated heterocycles. The second-order valence-electron chi connectivity index (χ2n) is 6.30. The standard InChI is InChI=1S/C20H24FN3O2/c1-2-26-19-17(8-5-10-22-19)20(25)24-12-6-11-23(13-14-24)15-16-7-3-4-9-18(16)21/h3-5,7-10H,2,6,11-15H2,1H3. The topological polar surface area (TPSA) is 45.7 Å². The van der Waals surface area contributed by atoms with Gasteiger partial charge in [0.2, 0.25) is 5.88 Å². The molecule has 1 aliphatic heterocycles. The van der Waals surface area contributed by atoms with E-state index in [1.165, 1.54) is 6.07 Å². The van der Waals surface area contributed by atoms with E-state index in [1.54, 1.807) is 24.4 Å². The quantitative estimate of drug-likeness (QED) is 0.825. The van der Waals surface area contributed by atoms with Crippen LogP contribution in [0.15, 0.2) is 42.6 Å². The van der Waals surface area contributed by atoms with Gasteiger partial charge >= 0.3 is 0 Å². The smallest absolute Gasteiger partial charge is 0.259 e. The SMILES string of the molecule is CCOc1ncccc1C(=O)N1CCCN(Cc2ccccc2F)CC1. The van der Waals surface area contributed by atoms with Gasteiger partial charge in [0, 0.05) is 44.5 Å². The number of rotatable bonds is 5. The average molecular weight is 357 g/mol. The van der Waals surface area contributed by atoms with E-state index >= 15 is 0 Å². The zero-order valence-electron chi connectivity index (χ0n) is 15.0. The highest BCUT2D eigenvalue weighted by molar-refractivity contribution is 5.96. The summed E-state index contributed by atoms with van der Waals surface area (Å²) in [5, 5.41) is 0. The van der Waals surface area contributed by atoms with Crippen LogP contribution in [0.4, 0.5) is 4.39 Å². The number of amides is 1. The Kier molecular flexibility index (Phi) is 6.17. The van der Waals surface area contributed by atoms with Crippen molar-refractivity contribution in [1.82, 2.24) is 14.8 Å². The first-order valence-corrected chi connectivity index (χ1v) is 9.02. The Bertz CT molecular complexity index is 753. The van der Waals surface area contributed by atoms with E-state index in [1.807, 2.05) is 24.0 Å². The van der Waals surface area contributed by atoms with Crippen molar-refractivity contribution in [2.24, 2.45) is 0 Å². The summed E-state index contributed by atoms with van der Waals surface area (Å²) in [5.41, 5.74) is 1.19. The Balaban J connectivity index is 1.65. The van der Waals surface area contributed by atoms with Gasteiger partial charge in [-0.2, -0.15) is 0 Å². The number of carbonyl (C=O) groups excluding carboxylic acids is 1. The molecular weight excluding hydrogens is 333 g/mol. The Morgan fingerprint density at radius 2 is 2.00 bits per heavy atom. The molecule has 3 rings (SSSR count). The number of ether oxygens (including phenoxy) is 1. The van der Waals surface area contributed by atoms with Crippen molar-refractivity contribution in [3.8, 4) is 5.88 Å². The molecule has 0 atom stereocenters. The second-order valence-corrected chi connectivity index (χ2v) is 6.30. The number of halogens is 1. The molecular formula is C20H24FN3O2. The molecule has 1 aromatic carbocycles. The number of hydrogen-bond donors (Lipinski definition) is 0. The number of pyridine rings is 1. The molecule has 0 aliphatic carbocycles. The summed E-state index contributed by atoms with van der Waals surface area (Å²) in [6, 6.07) is 10.4. The molecule has 0 radical (unpaired) electrons. The summed E-state index contributed by atoms with van der Waals surface area (Å²) in [7, 11) is 0. The van der Waals surface area contributed by atoms with Crippen LogP contribution in [0, 0.1) is 5.82 Å². The minimum atomic E-state index is -0.179. The monoisotopic (exact) mass is 357 g/mol. The van der Waals surface area contributed by atoms with Gasteiger partial charge < -0.3 is 9.64 Å². The van der Waals surface area contributed by atoms with Crippen molar-refractivity contribution in [3.05, 3.63) is 59.5 Å². The lowest BCUT2D eigenvalue weighted by Crippen LogP contribution is -2.35. The number of benzene rings is 1. The summed E-state index contributed by atoms with van der Waals surface area (Å²) in [6.07, 6.45) is 2.48. The van der Waals surface area contributed by atoms with Crippen LogP contribution < -0.4 is 4.74 Å². The highest BCUT2D eigenvalue weighted by Crippen LogP contribution is 2.19. The Morgan fingerprint density at radius 3 is 2.81 bits per heavy atom. The Labute approximate surface area is 153 Å². The second kappa shape index (κ2) is 8.76. The predicted molar refractivity (Wildman–Crippen MR) is 97.6 cm³/mol. The van der Waals surface area contributed by atoms with Gasteiger partial charge in [-0.15, -0.1) is 0 Å². The molecule has 26 heavy (non-hydrogen) atoms. The van der Waals surface area contributed by atoms with Crippen LogP contribution in [0.5, 0.6) is 5.88 Å². The fourth-order valence-electron chi connectivity index (χ4n) is 3.18. The molecule has 5 nitrogen and oxygen atoms in total. The molecule has 2 aromatic rings. The van der Waals surface area contributed by atoms with Gasteiger partial charge in [0.25, 0.3) is 5.91 Å². The summed E-state index contributed by atoms with van der Waals surface area (Å²) < 4.78 is 19.4.